The van der Waals surface area contributed by atoms with E-state index in [-0.39, 0.29) is 36.3 Å². The summed E-state index contributed by atoms with van der Waals surface area (Å²) in [6, 6.07) is 3.12. The molecular formula is C43H56F4N4O9S. The number of benzene rings is 1. The second-order valence-electron chi connectivity index (χ2n) is 18.9. The Morgan fingerprint density at radius 1 is 0.984 bits per heavy atom. The molecule has 13 nitrogen and oxygen atoms in total. The van der Waals surface area contributed by atoms with Crippen LogP contribution in [0.3, 0.4) is 0 Å². The number of ether oxygens (including phenoxy) is 3. The Morgan fingerprint density at radius 3 is 2.31 bits per heavy atom. The van der Waals surface area contributed by atoms with Crippen molar-refractivity contribution in [2.24, 2.45) is 34.5 Å². The van der Waals surface area contributed by atoms with Gasteiger partial charge in [0, 0.05) is 30.7 Å². The Kier molecular flexibility index (Phi) is 12.4. The Balaban J connectivity index is 1.29. The van der Waals surface area contributed by atoms with Gasteiger partial charge in [-0.05, 0) is 74.8 Å². The van der Waals surface area contributed by atoms with Gasteiger partial charge >= 0.3 is 5.97 Å². The molecule has 1 aromatic carbocycles. The first kappa shape index (κ1) is 44.9. The molecule has 1 N–H and O–H groups in total. The van der Waals surface area contributed by atoms with Gasteiger partial charge in [-0.1, -0.05) is 40.5 Å². The van der Waals surface area contributed by atoms with Gasteiger partial charge in [-0.15, -0.1) is 0 Å². The predicted octanol–water partition coefficient (Wildman–Crippen LogP) is 6.89. The molecule has 18 heteroatoms. The number of nitrogens with zero attached hydrogens (tertiary/aromatic N) is 3. The highest BCUT2D eigenvalue weighted by Crippen LogP contribution is 2.59. The van der Waals surface area contributed by atoms with Crippen LogP contribution >= 0.6 is 0 Å². The molecule has 4 fully saturated rings. The molecule has 0 radical (unpaired) electrons. The number of nitrogens with one attached hydrogen (secondary N) is 1. The number of methoxy groups -OCH3 is 1. The number of aromatic nitrogens is 2. The minimum Gasteiger partial charge on any atom is -0.497 e. The van der Waals surface area contributed by atoms with Crippen molar-refractivity contribution in [3.8, 4) is 11.6 Å². The lowest BCUT2D eigenvalue weighted by Crippen LogP contribution is -2.50. The van der Waals surface area contributed by atoms with E-state index in [1.54, 1.807) is 33.8 Å². The average Bonchev–Trinajstić information content (AvgIpc) is 4.12. The van der Waals surface area contributed by atoms with E-state index in [9.17, 15) is 36.4 Å². The van der Waals surface area contributed by atoms with Gasteiger partial charge in [-0.25, -0.2) is 27.2 Å². The molecule has 0 spiro atoms. The van der Waals surface area contributed by atoms with E-state index in [0.29, 0.717) is 37.9 Å². The third-order valence-electron chi connectivity index (χ3n) is 13.6. The maximum atomic E-state index is 16.5. The van der Waals surface area contributed by atoms with E-state index in [1.165, 1.54) is 24.1 Å². The Morgan fingerprint density at radius 2 is 1.67 bits per heavy atom. The summed E-state index contributed by atoms with van der Waals surface area (Å²) in [5.41, 5.74) is -3.35. The lowest BCUT2D eigenvalue weighted by molar-refractivity contribution is -0.160. The van der Waals surface area contributed by atoms with E-state index in [0.717, 1.165) is 19.3 Å². The van der Waals surface area contributed by atoms with Gasteiger partial charge in [0.15, 0.2) is 11.5 Å². The third kappa shape index (κ3) is 9.34. The molecule has 2 bridgehead atoms. The van der Waals surface area contributed by atoms with Gasteiger partial charge in [0.2, 0.25) is 34.1 Å². The van der Waals surface area contributed by atoms with Crippen LogP contribution in [0.15, 0.2) is 18.2 Å². The number of Topliss-reactive ketones (excluding diaryl/α,β-unsaturated/α-hetero) is 1. The molecule has 2 aromatic rings. The van der Waals surface area contributed by atoms with Crippen LogP contribution in [-0.2, 0) is 39.9 Å². The van der Waals surface area contributed by atoms with Gasteiger partial charge < -0.3 is 19.1 Å². The lowest BCUT2D eigenvalue weighted by Gasteiger charge is -2.36. The predicted molar refractivity (Wildman–Crippen MR) is 213 cm³/mol. The monoisotopic (exact) mass is 880 g/mol. The number of ketones is 1. The van der Waals surface area contributed by atoms with E-state index in [2.05, 4.69) is 9.97 Å². The number of esters is 1. The van der Waals surface area contributed by atoms with Crippen LogP contribution in [0.4, 0.5) is 17.6 Å². The molecule has 2 aliphatic heterocycles. The molecule has 1 aromatic heterocycles. The molecule has 0 unspecified atom stereocenters. The van der Waals surface area contributed by atoms with Crippen LogP contribution < -0.4 is 14.2 Å². The molecule has 61 heavy (non-hydrogen) atoms. The summed E-state index contributed by atoms with van der Waals surface area (Å²) in [7, 11) is -2.74. The molecule has 7 rings (SSSR count). The SMILES string of the molecule is COc1ccc2nc3c(nc2c1)O[C@H]1CN(C(=O)[C@H](C(C)(C)C)CC(=O)O[C@@H]2CCCC[C@H]2CCCCC3(F)F)[C@H](C(=O)C[C@]2(C(=O)NS(=O)(=O)C3CC3)C[C@H]2C(F)F)[C@@H]1C. The van der Waals surface area contributed by atoms with Gasteiger partial charge in [-0.2, -0.15) is 8.78 Å². The average molecular weight is 881 g/mol. The fraction of sp³-hybridized carbons (Fsp3) is 0.721. The maximum Gasteiger partial charge on any atom is 0.306 e. The van der Waals surface area contributed by atoms with E-state index in [1.807, 2.05) is 4.72 Å². The van der Waals surface area contributed by atoms with Crippen molar-refractivity contribution in [2.75, 3.05) is 13.7 Å². The number of hydrogen-bond donors (Lipinski definition) is 1. The summed E-state index contributed by atoms with van der Waals surface area (Å²) in [4.78, 5) is 67.0. The van der Waals surface area contributed by atoms with Gasteiger partial charge in [0.25, 0.3) is 5.92 Å². The fourth-order valence-electron chi connectivity index (χ4n) is 9.60. The smallest absolute Gasteiger partial charge is 0.306 e. The second kappa shape index (κ2) is 16.9. The zero-order valence-corrected chi connectivity index (χ0v) is 36.1. The topological polar surface area (TPSA) is 171 Å². The van der Waals surface area contributed by atoms with Gasteiger partial charge in [0.05, 0.1) is 53.7 Å². The number of hydrogen-bond acceptors (Lipinski definition) is 11. The van der Waals surface area contributed by atoms with Crippen molar-refractivity contribution in [3.63, 3.8) is 0 Å². The normalized spacial score (nSPS) is 31.2. The highest BCUT2D eigenvalue weighted by Gasteiger charge is 2.66. The number of alkyl halides is 4. The third-order valence-corrected chi connectivity index (χ3v) is 15.4. The number of amides is 2. The van der Waals surface area contributed by atoms with Crippen LogP contribution in [0, 0.1) is 34.5 Å². The zero-order valence-electron chi connectivity index (χ0n) is 35.3. The van der Waals surface area contributed by atoms with Crippen LogP contribution in [0.2, 0.25) is 0 Å². The number of halogens is 4. The first-order valence-electron chi connectivity index (χ1n) is 21.4. The Hall–Kier alpha value is -4.09. The molecule has 3 saturated carbocycles. The van der Waals surface area contributed by atoms with E-state index < -0.39 is 129 Å². The molecule has 1 saturated heterocycles. The van der Waals surface area contributed by atoms with Crippen molar-refractivity contribution in [3.05, 3.63) is 23.9 Å². The molecule has 3 aliphatic carbocycles. The quantitative estimate of drug-likeness (QED) is 0.216. The van der Waals surface area contributed by atoms with Crippen molar-refractivity contribution >= 4 is 44.6 Å². The van der Waals surface area contributed by atoms with Crippen molar-refractivity contribution < 1.29 is 59.4 Å². The summed E-state index contributed by atoms with van der Waals surface area (Å²) in [5, 5.41) is -0.839. The van der Waals surface area contributed by atoms with Gasteiger partial charge in [0.1, 0.15) is 18.0 Å². The van der Waals surface area contributed by atoms with E-state index in [4.69, 9.17) is 14.2 Å². The van der Waals surface area contributed by atoms with Crippen LogP contribution in [0.25, 0.3) is 11.0 Å². The fourth-order valence-corrected chi connectivity index (χ4v) is 11.0. The number of carbonyl (C=O) groups is 4. The molecule has 8 atom stereocenters. The second-order valence-corrected chi connectivity index (χ2v) is 20.9. The standard InChI is InChI=1S/C43H56F4N4O9S/c1-23-33-22-51(35(23)31(52)21-42(20-28(42)37(44)45)40(55)50-61(56,57)26-14-15-26)39(54)27(41(2,3)4)19-34(53)59-32-12-7-6-10-24(32)11-8-9-17-43(46,47)36-38(60-33)49-30-18-25(58-5)13-16-29(30)48-36/h13,16,18,23-24,26-28,32-33,35,37H,6-12,14-15,17,19-22H2,1-5H3,(H,50,55)/t23-,24+,27-,28+,32-,33+,35+,42-/m1/s1. The number of fused-ring (bicyclic) bond motifs is 5. The molecule has 5 aliphatic rings. The van der Waals surface area contributed by atoms with Crippen molar-refractivity contribution in [1.29, 1.82) is 0 Å². The molecular weight excluding hydrogens is 825 g/mol. The van der Waals surface area contributed by atoms with E-state index >= 15 is 8.78 Å². The van der Waals surface area contributed by atoms with Crippen LogP contribution in [0.1, 0.15) is 117 Å². The molecule has 2 amide bonds. The first-order chi connectivity index (χ1) is 28.6. The number of carbonyl (C=O) groups excluding carboxylic acids is 4. The minimum atomic E-state index is -4.17. The molecule has 3 heterocycles. The number of rotatable bonds is 8. The summed E-state index contributed by atoms with van der Waals surface area (Å²) in [6.07, 6.45) is -2.16. The lowest BCUT2D eigenvalue weighted by atomic mass is 9.77. The summed E-state index contributed by atoms with van der Waals surface area (Å²) >= 11 is 0. The zero-order chi connectivity index (χ0) is 44.2. The summed E-state index contributed by atoms with van der Waals surface area (Å²) in [6.45, 7) is 6.45. The Labute approximate surface area is 353 Å². The van der Waals surface area contributed by atoms with Crippen LogP contribution in [0.5, 0.6) is 11.6 Å². The maximum absolute atomic E-state index is 16.5. The largest absolute Gasteiger partial charge is 0.497 e. The highest BCUT2D eigenvalue weighted by molar-refractivity contribution is 7.90. The van der Waals surface area contributed by atoms with Gasteiger partial charge in [-0.3, -0.25) is 23.9 Å². The summed E-state index contributed by atoms with van der Waals surface area (Å²) < 4.78 is 107. The molecule has 336 valence electrons. The van der Waals surface area contributed by atoms with Crippen molar-refractivity contribution in [2.45, 2.75) is 147 Å². The summed E-state index contributed by atoms with van der Waals surface area (Å²) in [5.74, 6) is -10.7. The van der Waals surface area contributed by atoms with Crippen LogP contribution in [-0.4, -0.2) is 90.4 Å². The first-order valence-corrected chi connectivity index (χ1v) is 23.0. The Bertz CT molecular complexity index is 2150. The number of sulfonamides is 1. The minimum absolute atomic E-state index is 0.0613. The van der Waals surface area contributed by atoms with Crippen molar-refractivity contribution in [1.82, 2.24) is 19.6 Å². The highest BCUT2D eigenvalue weighted by atomic mass is 32.2.